The van der Waals surface area contributed by atoms with E-state index in [2.05, 4.69) is 28.1 Å². The molecular weight excluding hydrogens is 428 g/mol. The number of carbonyl (C=O) groups excluding carboxylic acids is 1. The molecule has 1 N–H and O–H groups in total. The lowest BCUT2D eigenvalue weighted by atomic mass is 9.92. The van der Waals surface area contributed by atoms with E-state index in [1.807, 2.05) is 12.1 Å². The summed E-state index contributed by atoms with van der Waals surface area (Å²) < 4.78 is 0. The first-order valence-electron chi connectivity index (χ1n) is 12.6. The van der Waals surface area contributed by atoms with E-state index in [4.69, 9.17) is 0 Å². The molecule has 2 spiro atoms. The maximum atomic E-state index is 13.4. The number of anilines is 3. The van der Waals surface area contributed by atoms with Crippen LogP contribution in [0.1, 0.15) is 60.9 Å². The van der Waals surface area contributed by atoms with Crippen LogP contribution >= 0.6 is 0 Å². The van der Waals surface area contributed by atoms with E-state index in [-0.39, 0.29) is 16.5 Å². The fraction of sp³-hybridized carbons (Fsp3) is 0.519. The lowest BCUT2D eigenvalue weighted by Crippen LogP contribution is -2.35. The minimum absolute atomic E-state index is 0.106. The van der Waals surface area contributed by atoms with Gasteiger partial charge >= 0.3 is 0 Å². The van der Waals surface area contributed by atoms with E-state index in [1.54, 1.807) is 12.1 Å². The van der Waals surface area contributed by atoms with Crippen LogP contribution in [-0.4, -0.2) is 37.0 Å². The molecule has 178 valence electrons. The molecule has 0 aromatic heterocycles. The maximum Gasteiger partial charge on any atom is 0.292 e. The molecule has 7 heteroatoms. The van der Waals surface area contributed by atoms with Gasteiger partial charge in [-0.2, -0.15) is 0 Å². The second-order valence-corrected chi connectivity index (χ2v) is 11.1. The van der Waals surface area contributed by atoms with Gasteiger partial charge < -0.3 is 15.1 Å². The Morgan fingerprint density at radius 1 is 0.882 bits per heavy atom. The third-order valence-corrected chi connectivity index (χ3v) is 8.69. The number of hydrogen-bond acceptors (Lipinski definition) is 5. The molecule has 6 rings (SSSR count). The zero-order chi connectivity index (χ0) is 23.5. The summed E-state index contributed by atoms with van der Waals surface area (Å²) in [4.78, 5) is 29.3. The van der Waals surface area contributed by atoms with E-state index in [1.165, 1.54) is 44.6 Å². The summed E-state index contributed by atoms with van der Waals surface area (Å²) in [6.45, 7) is 5.73. The molecule has 0 radical (unpaired) electrons. The molecule has 4 aliphatic rings. The summed E-state index contributed by atoms with van der Waals surface area (Å²) >= 11 is 0. The molecule has 2 aliphatic carbocycles. The van der Waals surface area contributed by atoms with Gasteiger partial charge in [-0.05, 0) is 92.5 Å². The van der Waals surface area contributed by atoms with Crippen molar-refractivity contribution in [1.82, 2.24) is 0 Å². The van der Waals surface area contributed by atoms with Crippen LogP contribution in [0.3, 0.4) is 0 Å². The SMILES string of the molecule is Cc1ccc(C(=O)Nc2ccc([N+](=O)[O-])c(N3CCC4(CC4)C3)c2)c(N2CCC3(CC2)CC3)c1. The molecule has 0 unspecified atom stereocenters. The summed E-state index contributed by atoms with van der Waals surface area (Å²) in [5.41, 5.74) is 5.05. The van der Waals surface area contributed by atoms with Gasteiger partial charge in [0.1, 0.15) is 5.69 Å². The number of nitro benzene ring substituents is 1. The van der Waals surface area contributed by atoms with Crippen LogP contribution in [0.2, 0.25) is 0 Å². The summed E-state index contributed by atoms with van der Waals surface area (Å²) in [7, 11) is 0. The average molecular weight is 461 g/mol. The predicted octanol–water partition coefficient (Wildman–Crippen LogP) is 5.53. The fourth-order valence-electron chi connectivity index (χ4n) is 5.93. The van der Waals surface area contributed by atoms with Gasteiger partial charge in [0.05, 0.1) is 10.5 Å². The number of benzene rings is 2. The molecular formula is C27H32N4O3. The molecule has 2 aliphatic heterocycles. The molecule has 7 nitrogen and oxygen atoms in total. The first-order chi connectivity index (χ1) is 16.4. The van der Waals surface area contributed by atoms with Gasteiger partial charge in [-0.1, -0.05) is 6.07 Å². The number of piperidine rings is 1. The molecule has 1 amide bonds. The van der Waals surface area contributed by atoms with E-state index in [9.17, 15) is 14.9 Å². The van der Waals surface area contributed by atoms with E-state index in [0.717, 1.165) is 43.9 Å². The van der Waals surface area contributed by atoms with Crippen molar-refractivity contribution in [2.75, 3.05) is 41.3 Å². The molecule has 2 heterocycles. The first kappa shape index (κ1) is 21.4. The van der Waals surface area contributed by atoms with Gasteiger partial charge in [0, 0.05) is 43.6 Å². The number of nitrogens with zero attached hydrogens (tertiary/aromatic N) is 3. The predicted molar refractivity (Wildman–Crippen MR) is 134 cm³/mol. The monoisotopic (exact) mass is 460 g/mol. The fourth-order valence-corrected chi connectivity index (χ4v) is 5.93. The average Bonchev–Trinajstić information content (AvgIpc) is 3.71. The third-order valence-electron chi connectivity index (χ3n) is 8.69. The van der Waals surface area contributed by atoms with Crippen molar-refractivity contribution in [2.24, 2.45) is 10.8 Å². The largest absolute Gasteiger partial charge is 0.371 e. The number of nitro groups is 1. The lowest BCUT2D eigenvalue weighted by molar-refractivity contribution is -0.384. The first-order valence-corrected chi connectivity index (χ1v) is 12.6. The Hall–Kier alpha value is -3.09. The quantitative estimate of drug-likeness (QED) is 0.469. The normalized spacial score (nSPS) is 21.7. The van der Waals surface area contributed by atoms with Crippen LogP contribution in [0.4, 0.5) is 22.7 Å². The highest BCUT2D eigenvalue weighted by molar-refractivity contribution is 6.08. The van der Waals surface area contributed by atoms with Gasteiger partial charge in [0.15, 0.2) is 0 Å². The van der Waals surface area contributed by atoms with Crippen molar-refractivity contribution in [1.29, 1.82) is 0 Å². The summed E-state index contributed by atoms with van der Waals surface area (Å²) in [5, 5.41) is 14.7. The van der Waals surface area contributed by atoms with E-state index >= 15 is 0 Å². The minimum Gasteiger partial charge on any atom is -0.371 e. The Morgan fingerprint density at radius 3 is 2.21 bits per heavy atom. The second kappa shape index (κ2) is 7.72. The lowest BCUT2D eigenvalue weighted by Gasteiger charge is -2.35. The third kappa shape index (κ3) is 3.91. The number of carbonyl (C=O) groups is 1. The van der Waals surface area contributed by atoms with Crippen LogP contribution in [0.15, 0.2) is 36.4 Å². The molecule has 2 aromatic carbocycles. The number of rotatable bonds is 5. The van der Waals surface area contributed by atoms with Gasteiger partial charge in [-0.25, -0.2) is 0 Å². The minimum atomic E-state index is -0.320. The van der Waals surface area contributed by atoms with Gasteiger partial charge in [-0.3, -0.25) is 14.9 Å². The second-order valence-electron chi connectivity index (χ2n) is 11.1. The Bertz CT molecular complexity index is 1160. The smallest absolute Gasteiger partial charge is 0.292 e. The van der Waals surface area contributed by atoms with Gasteiger partial charge in [-0.15, -0.1) is 0 Å². The number of amides is 1. The van der Waals surface area contributed by atoms with Crippen molar-refractivity contribution in [3.05, 3.63) is 57.6 Å². The number of aryl methyl sites for hydroxylation is 1. The molecule has 0 bridgehead atoms. The van der Waals surface area contributed by atoms with Crippen molar-refractivity contribution in [3.63, 3.8) is 0 Å². The van der Waals surface area contributed by atoms with Crippen molar-refractivity contribution >= 4 is 28.7 Å². The molecule has 2 aromatic rings. The Morgan fingerprint density at radius 2 is 1.56 bits per heavy atom. The standard InChI is InChI=1S/C27H32N4O3/c1-19-2-4-21(23(16-19)29-13-10-26(6-7-26)11-14-29)25(32)28-20-3-5-22(31(33)34)24(17-20)30-15-12-27(18-30)8-9-27/h2-5,16-17H,6-15,18H2,1H3,(H,28,32). The van der Waals surface area contributed by atoms with Crippen LogP contribution < -0.4 is 15.1 Å². The molecule has 0 atom stereocenters. The summed E-state index contributed by atoms with van der Waals surface area (Å²) in [6.07, 6.45) is 8.61. The van der Waals surface area contributed by atoms with E-state index in [0.29, 0.717) is 27.8 Å². The van der Waals surface area contributed by atoms with Gasteiger partial charge in [0.2, 0.25) is 0 Å². The summed E-state index contributed by atoms with van der Waals surface area (Å²) in [5.74, 6) is -0.165. The Labute approximate surface area is 200 Å². The summed E-state index contributed by atoms with van der Waals surface area (Å²) in [6, 6.07) is 11.0. The molecule has 34 heavy (non-hydrogen) atoms. The van der Waals surface area contributed by atoms with Crippen molar-refractivity contribution < 1.29 is 9.72 Å². The highest BCUT2D eigenvalue weighted by Gasteiger charge is 2.48. The Kier molecular flexibility index (Phi) is 4.87. The van der Waals surface area contributed by atoms with Crippen LogP contribution in [0.5, 0.6) is 0 Å². The molecule has 2 saturated heterocycles. The van der Waals surface area contributed by atoms with E-state index < -0.39 is 0 Å². The number of nitrogens with one attached hydrogen (secondary N) is 1. The van der Waals surface area contributed by atoms with Crippen molar-refractivity contribution in [3.8, 4) is 0 Å². The number of hydrogen-bond donors (Lipinski definition) is 1. The highest BCUT2D eigenvalue weighted by Crippen LogP contribution is 2.55. The zero-order valence-corrected chi connectivity index (χ0v) is 19.8. The van der Waals surface area contributed by atoms with Crippen LogP contribution in [-0.2, 0) is 0 Å². The highest BCUT2D eigenvalue weighted by atomic mass is 16.6. The molecule has 2 saturated carbocycles. The molecule has 4 fully saturated rings. The van der Waals surface area contributed by atoms with Gasteiger partial charge in [0.25, 0.3) is 11.6 Å². The Balaban J connectivity index is 1.25. The maximum absolute atomic E-state index is 13.4. The van der Waals surface area contributed by atoms with Crippen LogP contribution in [0.25, 0.3) is 0 Å². The van der Waals surface area contributed by atoms with Crippen LogP contribution in [0, 0.1) is 27.9 Å². The topological polar surface area (TPSA) is 78.7 Å². The zero-order valence-electron chi connectivity index (χ0n) is 19.8. The van der Waals surface area contributed by atoms with Crippen molar-refractivity contribution in [2.45, 2.75) is 51.9 Å².